The summed E-state index contributed by atoms with van der Waals surface area (Å²) >= 11 is 0. The Bertz CT molecular complexity index is 410. The van der Waals surface area contributed by atoms with Crippen molar-refractivity contribution in [3.05, 3.63) is 47.0 Å². The van der Waals surface area contributed by atoms with Crippen LogP contribution in [0, 0.1) is 11.8 Å². The molecule has 2 atom stereocenters. The third-order valence-electron chi connectivity index (χ3n) is 4.60. The highest BCUT2D eigenvalue weighted by atomic mass is 14.3. The van der Waals surface area contributed by atoms with Crippen LogP contribution in [0.2, 0.25) is 0 Å². The van der Waals surface area contributed by atoms with Crippen molar-refractivity contribution in [2.24, 2.45) is 11.8 Å². The molecule has 5 aliphatic rings. The molecule has 0 saturated heterocycles. The van der Waals surface area contributed by atoms with E-state index >= 15 is 0 Å². The van der Waals surface area contributed by atoms with Crippen molar-refractivity contribution in [3.63, 3.8) is 0 Å². The van der Waals surface area contributed by atoms with Gasteiger partial charge in [-0.15, -0.1) is 0 Å². The third kappa shape index (κ3) is 2.46. The van der Waals surface area contributed by atoms with Crippen LogP contribution in [0.15, 0.2) is 35.9 Å². The smallest absolute Gasteiger partial charge is 0.0229 e. The zero-order valence-corrected chi connectivity index (χ0v) is 10.8. The summed E-state index contributed by atoms with van der Waals surface area (Å²) in [6, 6.07) is 9.33. The fraction of sp³-hybridized carbons (Fsp3) is 0.529. The molecule has 0 aromatic heterocycles. The molecule has 0 radical (unpaired) electrons. The van der Waals surface area contributed by atoms with Gasteiger partial charge in [-0.2, -0.15) is 0 Å². The van der Waals surface area contributed by atoms with Gasteiger partial charge >= 0.3 is 0 Å². The Morgan fingerprint density at radius 1 is 0.941 bits per heavy atom. The molecule has 0 nitrogen and oxygen atoms in total. The normalized spacial score (nSPS) is 28.4. The van der Waals surface area contributed by atoms with Crippen molar-refractivity contribution in [1.29, 1.82) is 0 Å². The van der Waals surface area contributed by atoms with E-state index in [1.807, 2.05) is 0 Å². The van der Waals surface area contributed by atoms with Gasteiger partial charge in [0.05, 0.1) is 0 Å². The predicted octanol–water partition coefficient (Wildman–Crippen LogP) is 4.54. The molecule has 0 amide bonds. The van der Waals surface area contributed by atoms with E-state index in [1.54, 1.807) is 5.57 Å². The first-order chi connectivity index (χ1) is 8.31. The molecule has 1 unspecified atom stereocenters. The molecular formula is C17H22. The summed E-state index contributed by atoms with van der Waals surface area (Å²) in [5, 5.41) is 0. The van der Waals surface area contributed by atoms with Crippen LogP contribution >= 0.6 is 0 Å². The average Bonchev–Trinajstić information content (AvgIpc) is 2.34. The van der Waals surface area contributed by atoms with Crippen LogP contribution < -0.4 is 0 Å². The molecule has 17 heavy (non-hydrogen) atoms. The first kappa shape index (κ1) is 11.1. The molecule has 6 rings (SSSR count). The Morgan fingerprint density at radius 2 is 1.65 bits per heavy atom. The fourth-order valence-corrected chi connectivity index (χ4v) is 3.38. The van der Waals surface area contributed by atoms with E-state index in [4.69, 9.17) is 0 Å². The van der Waals surface area contributed by atoms with Crippen molar-refractivity contribution in [3.8, 4) is 0 Å². The van der Waals surface area contributed by atoms with Crippen molar-refractivity contribution >= 4 is 0 Å². The molecule has 0 spiro atoms. The average molecular weight is 226 g/mol. The van der Waals surface area contributed by atoms with Crippen LogP contribution in [-0.2, 0) is 12.8 Å². The maximum absolute atomic E-state index is 2.55. The monoisotopic (exact) mass is 226 g/mol. The lowest BCUT2D eigenvalue weighted by Crippen LogP contribution is -2.15. The van der Waals surface area contributed by atoms with Gasteiger partial charge in [-0.25, -0.2) is 0 Å². The van der Waals surface area contributed by atoms with Gasteiger partial charge in [0.2, 0.25) is 0 Å². The lowest BCUT2D eigenvalue weighted by Gasteiger charge is -2.28. The van der Waals surface area contributed by atoms with Crippen LogP contribution in [0.3, 0.4) is 0 Å². The molecule has 1 aromatic carbocycles. The molecule has 0 fully saturated rings. The van der Waals surface area contributed by atoms with Gasteiger partial charge in [0, 0.05) is 0 Å². The van der Waals surface area contributed by atoms with E-state index < -0.39 is 0 Å². The molecule has 0 aliphatic heterocycles. The first-order valence-corrected chi connectivity index (χ1v) is 7.08. The molecule has 5 aliphatic carbocycles. The SMILES string of the molecule is C[C@H]1CC2CC=C1CCc1ccc(cc1)CC2. The van der Waals surface area contributed by atoms with Gasteiger partial charge in [-0.1, -0.05) is 42.8 Å². The Hall–Kier alpha value is -1.04. The molecule has 0 heteroatoms. The Kier molecular flexibility index (Phi) is 3.05. The minimum atomic E-state index is 0.824. The quantitative estimate of drug-likeness (QED) is 0.570. The summed E-state index contributed by atoms with van der Waals surface area (Å²) in [6.07, 6.45) is 10.4. The number of rotatable bonds is 0. The largest absolute Gasteiger partial charge is 0.0848 e. The molecule has 0 heterocycles. The summed E-state index contributed by atoms with van der Waals surface area (Å²) in [7, 11) is 0. The minimum Gasteiger partial charge on any atom is -0.0848 e. The minimum absolute atomic E-state index is 0.824. The highest BCUT2D eigenvalue weighted by molar-refractivity contribution is 5.25. The van der Waals surface area contributed by atoms with Crippen LogP contribution in [0.4, 0.5) is 0 Å². The Morgan fingerprint density at radius 3 is 2.35 bits per heavy atom. The highest BCUT2D eigenvalue weighted by Gasteiger charge is 2.21. The van der Waals surface area contributed by atoms with Gasteiger partial charge in [0.1, 0.15) is 0 Å². The van der Waals surface area contributed by atoms with Crippen molar-refractivity contribution in [2.75, 3.05) is 0 Å². The number of allylic oxidation sites excluding steroid dienone is 2. The maximum Gasteiger partial charge on any atom is -0.0229 e. The van der Waals surface area contributed by atoms with Crippen LogP contribution in [0.25, 0.3) is 0 Å². The summed E-state index contributed by atoms with van der Waals surface area (Å²) in [4.78, 5) is 0. The summed E-state index contributed by atoms with van der Waals surface area (Å²) in [5.74, 6) is 1.75. The maximum atomic E-state index is 2.55. The van der Waals surface area contributed by atoms with Crippen molar-refractivity contribution in [2.45, 2.75) is 45.4 Å². The molecule has 0 N–H and O–H groups in total. The number of benzene rings is 1. The van der Waals surface area contributed by atoms with E-state index in [0.717, 1.165) is 11.8 Å². The van der Waals surface area contributed by atoms with Crippen molar-refractivity contribution < 1.29 is 0 Å². The van der Waals surface area contributed by atoms with Crippen LogP contribution in [0.5, 0.6) is 0 Å². The lowest BCUT2D eigenvalue weighted by atomic mass is 9.77. The second kappa shape index (κ2) is 4.68. The van der Waals surface area contributed by atoms with E-state index in [0.29, 0.717) is 0 Å². The van der Waals surface area contributed by atoms with Gasteiger partial charge in [-0.3, -0.25) is 0 Å². The van der Waals surface area contributed by atoms with E-state index in [-0.39, 0.29) is 0 Å². The van der Waals surface area contributed by atoms with E-state index in [2.05, 4.69) is 37.3 Å². The zero-order chi connectivity index (χ0) is 11.7. The predicted molar refractivity (Wildman–Crippen MR) is 73.1 cm³/mol. The van der Waals surface area contributed by atoms with Crippen LogP contribution in [0.1, 0.15) is 43.7 Å². The van der Waals surface area contributed by atoms with E-state index in [1.165, 1.54) is 49.7 Å². The fourth-order valence-electron chi connectivity index (χ4n) is 3.38. The molecular weight excluding hydrogens is 204 g/mol. The molecule has 4 bridgehead atoms. The third-order valence-corrected chi connectivity index (χ3v) is 4.60. The topological polar surface area (TPSA) is 0 Å². The first-order valence-electron chi connectivity index (χ1n) is 7.08. The summed E-state index contributed by atoms with van der Waals surface area (Å²) in [5.41, 5.74) is 4.74. The Balaban J connectivity index is 1.88. The number of hydrogen-bond acceptors (Lipinski definition) is 0. The molecule has 1 aromatic rings. The number of hydrogen-bond donors (Lipinski definition) is 0. The second-order valence-corrected chi connectivity index (χ2v) is 5.87. The van der Waals surface area contributed by atoms with Crippen LogP contribution in [-0.4, -0.2) is 0 Å². The van der Waals surface area contributed by atoms with Gasteiger partial charge in [0.25, 0.3) is 0 Å². The molecule has 0 saturated carbocycles. The zero-order valence-electron chi connectivity index (χ0n) is 10.8. The Labute approximate surface area is 105 Å². The summed E-state index contributed by atoms with van der Waals surface area (Å²) in [6.45, 7) is 2.42. The van der Waals surface area contributed by atoms with Gasteiger partial charge < -0.3 is 0 Å². The van der Waals surface area contributed by atoms with Crippen molar-refractivity contribution in [1.82, 2.24) is 0 Å². The standard InChI is InChI=1S/C17H22/c1-13-12-16-7-6-14-2-4-15(5-3-14)8-10-17(13)11-9-16/h2-5,11,13,16H,6-10,12H2,1H3/t13-,16?/m0/s1. The van der Waals surface area contributed by atoms with E-state index in [9.17, 15) is 0 Å². The lowest BCUT2D eigenvalue weighted by molar-refractivity contribution is 0.371. The number of aryl methyl sites for hydroxylation is 2. The summed E-state index contributed by atoms with van der Waals surface area (Å²) < 4.78 is 0. The van der Waals surface area contributed by atoms with Gasteiger partial charge in [-0.05, 0) is 61.5 Å². The second-order valence-electron chi connectivity index (χ2n) is 5.87. The van der Waals surface area contributed by atoms with Gasteiger partial charge in [0.15, 0.2) is 0 Å². The highest BCUT2D eigenvalue weighted by Crippen LogP contribution is 2.34. The molecule has 90 valence electrons.